The number of para-hydroxylation sites is 1. The van der Waals surface area contributed by atoms with Gasteiger partial charge in [0.15, 0.2) is 5.71 Å². The van der Waals surface area contributed by atoms with Crippen molar-refractivity contribution in [3.8, 4) is 0 Å². The minimum absolute atomic E-state index is 0.103. The highest BCUT2D eigenvalue weighted by molar-refractivity contribution is 7.86. The van der Waals surface area contributed by atoms with E-state index in [9.17, 15) is 38.9 Å². The molecule has 0 saturated heterocycles. The fourth-order valence-corrected chi connectivity index (χ4v) is 7.46. The van der Waals surface area contributed by atoms with Crippen LogP contribution in [-0.4, -0.2) is 86.4 Å². The third-order valence-electron chi connectivity index (χ3n) is 8.03. The summed E-state index contributed by atoms with van der Waals surface area (Å²) in [5.74, 6) is -0.937. The Hall–Kier alpha value is -3.26. The van der Waals surface area contributed by atoms with Gasteiger partial charge in [0, 0.05) is 53.2 Å². The summed E-state index contributed by atoms with van der Waals surface area (Å²) in [6.07, 6.45) is 5.85. The van der Waals surface area contributed by atoms with E-state index < -0.39 is 63.3 Å². The van der Waals surface area contributed by atoms with Crippen molar-refractivity contribution in [2.45, 2.75) is 56.3 Å². The fourth-order valence-electron chi connectivity index (χ4n) is 5.97. The zero-order valence-corrected chi connectivity index (χ0v) is 29.3. The molecule has 0 aliphatic carbocycles. The zero-order valence-electron chi connectivity index (χ0n) is 26.0. The SMILES string of the molecule is CC1(C)C(/C=C/C=C2/N(CCCS(=O)(=O)O)c3ccc(S(=O)(=O)O)cc3C2(C)C)=[N+](CCCS(=O)(=O)[O-])c2ccccc21.O=S(=O)=O. The molecular formula is C29H36N2O12S4. The van der Waals surface area contributed by atoms with Gasteiger partial charge in [-0.25, -0.2) is 8.42 Å². The maximum Gasteiger partial charge on any atom is 0.425 e. The largest absolute Gasteiger partial charge is 0.748 e. The number of benzene rings is 2. The maximum absolute atomic E-state index is 11.9. The molecule has 2 aliphatic rings. The lowest BCUT2D eigenvalue weighted by Gasteiger charge is -2.27. The number of nitrogens with zero attached hydrogens (tertiary/aromatic N) is 2. The highest BCUT2D eigenvalue weighted by Gasteiger charge is 2.44. The predicted octanol–water partition coefficient (Wildman–Crippen LogP) is 2.76. The first-order chi connectivity index (χ1) is 21.5. The van der Waals surface area contributed by atoms with Crippen LogP contribution in [0.25, 0.3) is 0 Å². The van der Waals surface area contributed by atoms with Crippen LogP contribution in [0.2, 0.25) is 0 Å². The van der Waals surface area contributed by atoms with Gasteiger partial charge in [0.05, 0.1) is 26.2 Å². The molecule has 47 heavy (non-hydrogen) atoms. The van der Waals surface area contributed by atoms with Gasteiger partial charge in [0.1, 0.15) is 6.54 Å². The van der Waals surface area contributed by atoms with Crippen molar-refractivity contribution in [3.63, 3.8) is 0 Å². The second-order valence-electron chi connectivity index (χ2n) is 12.0. The summed E-state index contributed by atoms with van der Waals surface area (Å²) in [7, 11) is -16.1. The van der Waals surface area contributed by atoms with E-state index in [0.29, 0.717) is 17.8 Å². The van der Waals surface area contributed by atoms with Crippen LogP contribution in [0.15, 0.2) is 71.3 Å². The molecule has 0 aromatic heterocycles. The first kappa shape index (κ1) is 38.2. The molecule has 0 atom stereocenters. The maximum atomic E-state index is 11.9. The Morgan fingerprint density at radius 1 is 0.872 bits per heavy atom. The van der Waals surface area contributed by atoms with Crippen LogP contribution < -0.4 is 4.90 Å². The zero-order chi connectivity index (χ0) is 35.6. The Kier molecular flexibility index (Phi) is 11.4. The molecule has 14 nitrogen and oxygen atoms in total. The molecule has 0 fully saturated rings. The molecule has 2 aromatic rings. The van der Waals surface area contributed by atoms with Crippen molar-refractivity contribution in [1.82, 2.24) is 0 Å². The molecular weight excluding hydrogens is 697 g/mol. The summed E-state index contributed by atoms with van der Waals surface area (Å²) < 4.78 is 127. The van der Waals surface area contributed by atoms with Gasteiger partial charge in [-0.1, -0.05) is 38.1 Å². The third-order valence-corrected chi connectivity index (χ3v) is 10.5. The quantitative estimate of drug-likeness (QED) is 0.251. The van der Waals surface area contributed by atoms with Crippen molar-refractivity contribution in [1.29, 1.82) is 0 Å². The molecule has 2 aromatic carbocycles. The normalized spacial score (nSPS) is 17.9. The average Bonchev–Trinajstić information content (AvgIpc) is 3.25. The Morgan fingerprint density at radius 2 is 1.49 bits per heavy atom. The lowest BCUT2D eigenvalue weighted by atomic mass is 9.81. The van der Waals surface area contributed by atoms with Gasteiger partial charge in [-0.3, -0.25) is 9.11 Å². The van der Waals surface area contributed by atoms with Gasteiger partial charge in [0.25, 0.3) is 20.2 Å². The van der Waals surface area contributed by atoms with Gasteiger partial charge < -0.3 is 9.45 Å². The van der Waals surface area contributed by atoms with E-state index in [2.05, 4.69) is 13.8 Å². The number of rotatable bonds is 11. The van der Waals surface area contributed by atoms with Crippen LogP contribution >= 0.6 is 0 Å². The summed E-state index contributed by atoms with van der Waals surface area (Å²) >= 11 is 0. The number of fused-ring (bicyclic) bond motifs is 2. The minimum Gasteiger partial charge on any atom is -0.748 e. The van der Waals surface area contributed by atoms with E-state index in [4.69, 9.17) is 12.6 Å². The molecule has 0 spiro atoms. The number of anilines is 1. The molecule has 18 heteroatoms. The molecule has 0 bridgehead atoms. The number of hydrogen-bond donors (Lipinski definition) is 2. The smallest absolute Gasteiger partial charge is 0.425 e. The highest BCUT2D eigenvalue weighted by atomic mass is 32.2. The molecule has 0 radical (unpaired) electrons. The second kappa shape index (κ2) is 14.1. The minimum atomic E-state index is -4.47. The summed E-state index contributed by atoms with van der Waals surface area (Å²) in [5, 5.41) is 0. The van der Waals surface area contributed by atoms with Crippen LogP contribution in [0.3, 0.4) is 0 Å². The van der Waals surface area contributed by atoms with E-state index in [1.807, 2.05) is 65.8 Å². The Balaban J connectivity index is 0.00000142. The lowest BCUT2D eigenvalue weighted by molar-refractivity contribution is -0.437. The lowest BCUT2D eigenvalue weighted by Crippen LogP contribution is -2.29. The number of hydrogen-bond acceptors (Lipinski definition) is 11. The number of allylic oxidation sites excluding steroid dienone is 4. The highest BCUT2D eigenvalue weighted by Crippen LogP contribution is 2.48. The Bertz CT molecular complexity index is 2080. The molecule has 2 heterocycles. The van der Waals surface area contributed by atoms with E-state index >= 15 is 0 Å². The summed E-state index contributed by atoms with van der Waals surface area (Å²) in [6.45, 7) is 8.41. The molecule has 0 unspecified atom stereocenters. The van der Waals surface area contributed by atoms with Crippen LogP contribution in [0.1, 0.15) is 51.7 Å². The topological polar surface area (TPSA) is 223 Å². The van der Waals surface area contributed by atoms with Crippen molar-refractivity contribution < 1.29 is 56.1 Å². The van der Waals surface area contributed by atoms with E-state index in [0.717, 1.165) is 22.7 Å². The van der Waals surface area contributed by atoms with Crippen molar-refractivity contribution >= 4 is 58.0 Å². The van der Waals surface area contributed by atoms with Crippen LogP contribution in [0, 0.1) is 0 Å². The summed E-state index contributed by atoms with van der Waals surface area (Å²) in [4.78, 5) is 1.61. The molecule has 0 amide bonds. The predicted molar refractivity (Wildman–Crippen MR) is 173 cm³/mol. The van der Waals surface area contributed by atoms with Crippen LogP contribution in [-0.2, 0) is 51.8 Å². The fraction of sp³-hybridized carbons (Fsp3) is 0.414. The van der Waals surface area contributed by atoms with Gasteiger partial charge in [0.2, 0.25) is 5.69 Å². The van der Waals surface area contributed by atoms with Crippen LogP contribution in [0.5, 0.6) is 0 Å². The van der Waals surface area contributed by atoms with Gasteiger partial charge in [-0.2, -0.15) is 21.4 Å². The molecule has 2 N–H and O–H groups in total. The summed E-state index contributed by atoms with van der Waals surface area (Å²) in [5.41, 5.74) is 3.65. The van der Waals surface area contributed by atoms with Gasteiger partial charge >= 0.3 is 10.6 Å². The first-order valence-electron chi connectivity index (χ1n) is 14.1. The standard InChI is InChI=1S/C29H36N2O9S3.O3S/c1-28(2)22-10-5-6-11-24(22)30(16-8-18-41(32,33)34)26(28)12-7-13-27-29(3,4)23-20-21(43(38,39)40)14-15-25(23)31(27)17-9-19-42(35,36)37;1-4(2)3/h5-7,10-15,20H,8-9,16-19H2,1-4H3,(H2-,32,33,34,35,36,37,38,39,40);. The molecule has 0 saturated carbocycles. The van der Waals surface area contributed by atoms with Gasteiger partial charge in [-0.15, -0.1) is 12.6 Å². The average molecular weight is 733 g/mol. The van der Waals surface area contributed by atoms with Crippen molar-refractivity contribution in [2.24, 2.45) is 0 Å². The summed E-state index contributed by atoms with van der Waals surface area (Å²) in [6, 6.07) is 12.0. The second-order valence-corrected chi connectivity index (χ2v) is 16.9. The molecule has 258 valence electrons. The molecule has 2 aliphatic heterocycles. The van der Waals surface area contributed by atoms with E-state index in [1.54, 1.807) is 6.07 Å². The van der Waals surface area contributed by atoms with E-state index in [1.165, 1.54) is 12.1 Å². The Morgan fingerprint density at radius 3 is 2.06 bits per heavy atom. The van der Waals surface area contributed by atoms with Crippen molar-refractivity contribution in [3.05, 3.63) is 77.5 Å². The van der Waals surface area contributed by atoms with Gasteiger partial charge in [-0.05, 0) is 50.1 Å². The van der Waals surface area contributed by atoms with Crippen LogP contribution in [0.4, 0.5) is 11.4 Å². The van der Waals surface area contributed by atoms with Crippen molar-refractivity contribution in [2.75, 3.05) is 29.5 Å². The molecule has 4 rings (SSSR count). The Labute approximate surface area is 276 Å². The third kappa shape index (κ3) is 9.43. The monoisotopic (exact) mass is 732 g/mol. The van der Waals surface area contributed by atoms with E-state index in [-0.39, 0.29) is 24.3 Å². The first-order valence-corrected chi connectivity index (χ1v) is 19.8.